The number of amides is 1. The monoisotopic (exact) mass is 420 g/mol. The van der Waals surface area contributed by atoms with E-state index in [4.69, 9.17) is 0 Å². The van der Waals surface area contributed by atoms with Crippen molar-refractivity contribution in [1.82, 2.24) is 9.97 Å². The van der Waals surface area contributed by atoms with Gasteiger partial charge in [-0.3, -0.25) is 4.79 Å². The van der Waals surface area contributed by atoms with Crippen LogP contribution in [-0.2, 0) is 4.79 Å². The fraction of sp³-hybridized carbons (Fsp3) is 0.389. The average Bonchev–Trinajstić information content (AvgIpc) is 2.63. The van der Waals surface area contributed by atoms with E-state index >= 15 is 0 Å². The van der Waals surface area contributed by atoms with Crippen LogP contribution in [0.1, 0.15) is 24.8 Å². The van der Waals surface area contributed by atoms with E-state index in [1.54, 1.807) is 6.33 Å². The van der Waals surface area contributed by atoms with Gasteiger partial charge in [0.15, 0.2) is 0 Å². The molecule has 1 aromatic heterocycles. The second-order valence-electron chi connectivity index (χ2n) is 6.08. The molecule has 1 amide bonds. The first-order valence-corrected chi connectivity index (χ1v) is 10.2. The van der Waals surface area contributed by atoms with Crippen molar-refractivity contribution in [2.24, 2.45) is 0 Å². The summed E-state index contributed by atoms with van der Waals surface area (Å²) in [5.41, 5.74) is 1.93. The van der Waals surface area contributed by atoms with Crippen molar-refractivity contribution >= 4 is 45.1 Å². The quantitative estimate of drug-likeness (QED) is 0.577. The van der Waals surface area contributed by atoms with Crippen LogP contribution in [-0.4, -0.2) is 34.7 Å². The zero-order chi connectivity index (χ0) is 17.6. The van der Waals surface area contributed by atoms with E-state index in [2.05, 4.69) is 36.1 Å². The lowest BCUT2D eigenvalue weighted by molar-refractivity contribution is -0.113. The Morgan fingerprint density at radius 3 is 2.80 bits per heavy atom. The fourth-order valence-corrected chi connectivity index (χ4v) is 4.01. The number of benzene rings is 1. The van der Waals surface area contributed by atoms with Crippen molar-refractivity contribution in [1.29, 1.82) is 0 Å². The van der Waals surface area contributed by atoms with Crippen molar-refractivity contribution < 1.29 is 4.79 Å². The minimum atomic E-state index is -0.0484. The van der Waals surface area contributed by atoms with Crippen molar-refractivity contribution in [3.05, 3.63) is 40.6 Å². The molecule has 0 spiro atoms. The number of carbonyl (C=O) groups excluding carboxylic acids is 1. The predicted octanol–water partition coefficient (Wildman–Crippen LogP) is 4.27. The van der Waals surface area contributed by atoms with Crippen molar-refractivity contribution in [2.75, 3.05) is 29.1 Å². The SMILES string of the molecule is Cc1ccc(NC(=O)CSc2cc(N3CCCCC3)ncn2)c(Br)c1. The van der Waals surface area contributed by atoms with Gasteiger partial charge in [0.1, 0.15) is 17.2 Å². The number of rotatable bonds is 5. The van der Waals surface area contributed by atoms with E-state index in [0.717, 1.165) is 39.7 Å². The first-order valence-electron chi connectivity index (χ1n) is 8.37. The largest absolute Gasteiger partial charge is 0.356 e. The van der Waals surface area contributed by atoms with Crippen LogP contribution >= 0.6 is 27.7 Å². The molecule has 25 heavy (non-hydrogen) atoms. The fourth-order valence-electron chi connectivity index (χ4n) is 2.75. The Kier molecular flexibility index (Phi) is 6.31. The molecule has 0 bridgehead atoms. The molecule has 1 fully saturated rings. The van der Waals surface area contributed by atoms with Crippen molar-refractivity contribution in [3.8, 4) is 0 Å². The van der Waals surface area contributed by atoms with Crippen LogP contribution in [0.5, 0.6) is 0 Å². The number of aryl methyl sites for hydroxylation is 1. The Morgan fingerprint density at radius 2 is 2.04 bits per heavy atom. The van der Waals surface area contributed by atoms with Crippen LogP contribution in [0.2, 0.25) is 0 Å². The van der Waals surface area contributed by atoms with Gasteiger partial charge in [-0.05, 0) is 59.8 Å². The molecule has 7 heteroatoms. The summed E-state index contributed by atoms with van der Waals surface area (Å²) in [6.45, 7) is 4.10. The number of thioether (sulfide) groups is 1. The lowest BCUT2D eigenvalue weighted by Crippen LogP contribution is -2.30. The van der Waals surface area contributed by atoms with Gasteiger partial charge in [-0.15, -0.1) is 0 Å². The number of hydrogen-bond donors (Lipinski definition) is 1. The lowest BCUT2D eigenvalue weighted by atomic mass is 10.1. The minimum Gasteiger partial charge on any atom is -0.356 e. The summed E-state index contributed by atoms with van der Waals surface area (Å²) in [7, 11) is 0. The van der Waals surface area contributed by atoms with Gasteiger partial charge in [0.25, 0.3) is 0 Å². The van der Waals surface area contributed by atoms with Gasteiger partial charge in [-0.2, -0.15) is 0 Å². The molecule has 1 aromatic carbocycles. The molecule has 0 radical (unpaired) electrons. The zero-order valence-corrected chi connectivity index (χ0v) is 16.6. The molecule has 2 aromatic rings. The number of halogens is 1. The lowest BCUT2D eigenvalue weighted by Gasteiger charge is -2.27. The van der Waals surface area contributed by atoms with E-state index in [1.807, 2.05) is 31.2 Å². The Bertz CT molecular complexity index is 750. The average molecular weight is 421 g/mol. The number of nitrogens with zero attached hydrogens (tertiary/aromatic N) is 3. The first-order chi connectivity index (χ1) is 12.1. The number of nitrogens with one attached hydrogen (secondary N) is 1. The third-order valence-electron chi connectivity index (χ3n) is 4.06. The maximum atomic E-state index is 12.2. The molecular weight excluding hydrogens is 400 g/mol. The topological polar surface area (TPSA) is 58.1 Å². The molecule has 5 nitrogen and oxygen atoms in total. The normalized spacial score (nSPS) is 14.4. The molecule has 1 aliphatic rings. The van der Waals surface area contributed by atoms with E-state index < -0.39 is 0 Å². The molecule has 0 unspecified atom stereocenters. The third-order valence-corrected chi connectivity index (χ3v) is 5.64. The van der Waals surface area contributed by atoms with Crippen LogP contribution < -0.4 is 10.2 Å². The highest BCUT2D eigenvalue weighted by atomic mass is 79.9. The third kappa shape index (κ3) is 5.19. The van der Waals surface area contributed by atoms with Crippen LogP contribution in [0, 0.1) is 6.92 Å². The molecule has 1 N–H and O–H groups in total. The summed E-state index contributed by atoms with van der Waals surface area (Å²) in [6, 6.07) is 7.84. The Hall–Kier alpha value is -1.60. The van der Waals surface area contributed by atoms with Crippen LogP contribution in [0.3, 0.4) is 0 Å². The maximum Gasteiger partial charge on any atom is 0.234 e. The molecular formula is C18H21BrN4OS. The van der Waals surface area contributed by atoms with Gasteiger partial charge in [-0.1, -0.05) is 17.8 Å². The van der Waals surface area contributed by atoms with Crippen LogP contribution in [0.4, 0.5) is 11.5 Å². The molecule has 132 valence electrons. The van der Waals surface area contributed by atoms with Gasteiger partial charge in [0.05, 0.1) is 11.4 Å². The van der Waals surface area contributed by atoms with Crippen molar-refractivity contribution in [3.63, 3.8) is 0 Å². The number of hydrogen-bond acceptors (Lipinski definition) is 5. The van der Waals surface area contributed by atoms with Gasteiger partial charge < -0.3 is 10.2 Å². The smallest absolute Gasteiger partial charge is 0.234 e. The van der Waals surface area contributed by atoms with E-state index in [-0.39, 0.29) is 5.91 Å². The zero-order valence-electron chi connectivity index (χ0n) is 14.2. The highest BCUT2D eigenvalue weighted by Gasteiger charge is 2.13. The highest BCUT2D eigenvalue weighted by Crippen LogP contribution is 2.25. The van der Waals surface area contributed by atoms with E-state index in [1.165, 1.54) is 31.0 Å². The van der Waals surface area contributed by atoms with Gasteiger partial charge in [-0.25, -0.2) is 9.97 Å². The predicted molar refractivity (Wildman–Crippen MR) is 106 cm³/mol. The first kappa shape index (κ1) is 18.2. The number of aromatic nitrogens is 2. The number of piperidine rings is 1. The molecule has 0 atom stereocenters. The molecule has 3 rings (SSSR count). The molecule has 0 aliphatic carbocycles. The summed E-state index contributed by atoms with van der Waals surface area (Å²) in [4.78, 5) is 23.1. The summed E-state index contributed by atoms with van der Waals surface area (Å²) in [5, 5.41) is 3.75. The molecule has 0 saturated carbocycles. The van der Waals surface area contributed by atoms with Crippen molar-refractivity contribution in [2.45, 2.75) is 31.2 Å². The van der Waals surface area contributed by atoms with Gasteiger partial charge in [0, 0.05) is 23.6 Å². The van der Waals surface area contributed by atoms with Crippen LogP contribution in [0.25, 0.3) is 0 Å². The minimum absolute atomic E-state index is 0.0484. The maximum absolute atomic E-state index is 12.2. The van der Waals surface area contributed by atoms with Gasteiger partial charge >= 0.3 is 0 Å². The second kappa shape index (κ2) is 8.67. The number of carbonyl (C=O) groups is 1. The standard InChI is InChI=1S/C18H21BrN4OS/c1-13-5-6-15(14(19)9-13)22-17(24)11-25-18-10-16(20-12-21-18)23-7-3-2-4-8-23/h5-6,9-10,12H,2-4,7-8,11H2,1H3,(H,22,24). The Balaban J connectivity index is 1.56. The highest BCUT2D eigenvalue weighted by molar-refractivity contribution is 9.10. The van der Waals surface area contributed by atoms with E-state index in [0.29, 0.717) is 5.75 Å². The summed E-state index contributed by atoms with van der Waals surface area (Å²) < 4.78 is 0.889. The molecule has 2 heterocycles. The Morgan fingerprint density at radius 1 is 1.24 bits per heavy atom. The summed E-state index contributed by atoms with van der Waals surface area (Å²) in [5.74, 6) is 1.23. The molecule has 1 saturated heterocycles. The molecule has 1 aliphatic heterocycles. The Labute approximate surface area is 160 Å². The summed E-state index contributed by atoms with van der Waals surface area (Å²) >= 11 is 4.91. The number of anilines is 2. The summed E-state index contributed by atoms with van der Waals surface area (Å²) in [6.07, 6.45) is 5.29. The second-order valence-corrected chi connectivity index (χ2v) is 7.93. The van der Waals surface area contributed by atoms with E-state index in [9.17, 15) is 4.79 Å². The van der Waals surface area contributed by atoms with Crippen LogP contribution in [0.15, 0.2) is 40.1 Å². The van der Waals surface area contributed by atoms with Gasteiger partial charge in [0.2, 0.25) is 5.91 Å².